The van der Waals surface area contributed by atoms with Crippen molar-refractivity contribution in [3.05, 3.63) is 75.7 Å². The van der Waals surface area contributed by atoms with Crippen LogP contribution in [0.15, 0.2) is 63.3 Å². The molecule has 30 heavy (non-hydrogen) atoms. The maximum absolute atomic E-state index is 12.9. The first-order chi connectivity index (χ1) is 14.4. The third-order valence-corrected chi connectivity index (χ3v) is 4.31. The molecular formula is C24H24O6. The van der Waals surface area contributed by atoms with Gasteiger partial charge in [-0.25, -0.2) is 4.79 Å². The van der Waals surface area contributed by atoms with Crippen LogP contribution in [-0.4, -0.2) is 19.2 Å². The van der Waals surface area contributed by atoms with Crippen LogP contribution in [0.1, 0.15) is 36.9 Å². The van der Waals surface area contributed by atoms with Crippen molar-refractivity contribution >= 4 is 16.9 Å². The van der Waals surface area contributed by atoms with E-state index >= 15 is 0 Å². The number of ether oxygens (including phenoxy) is 3. The Bertz CT molecular complexity index is 1130. The van der Waals surface area contributed by atoms with Crippen LogP contribution >= 0.6 is 0 Å². The first kappa shape index (κ1) is 21.2. The van der Waals surface area contributed by atoms with Gasteiger partial charge in [0.2, 0.25) is 11.2 Å². The molecule has 1 aromatic heterocycles. The van der Waals surface area contributed by atoms with E-state index < -0.39 is 5.97 Å². The molecule has 0 saturated heterocycles. The van der Waals surface area contributed by atoms with E-state index in [0.717, 1.165) is 5.57 Å². The highest BCUT2D eigenvalue weighted by molar-refractivity contribution is 5.89. The highest BCUT2D eigenvalue weighted by atomic mass is 16.5. The molecule has 0 unspecified atom stereocenters. The van der Waals surface area contributed by atoms with Crippen molar-refractivity contribution in [2.75, 3.05) is 13.2 Å². The minimum absolute atomic E-state index is 0.101. The van der Waals surface area contributed by atoms with Crippen molar-refractivity contribution in [2.24, 2.45) is 0 Å². The van der Waals surface area contributed by atoms with E-state index in [1.165, 1.54) is 0 Å². The normalized spacial score (nSPS) is 10.5. The van der Waals surface area contributed by atoms with Gasteiger partial charge >= 0.3 is 5.97 Å². The molecule has 6 heteroatoms. The fourth-order valence-corrected chi connectivity index (χ4v) is 2.77. The molecule has 6 nitrogen and oxygen atoms in total. The van der Waals surface area contributed by atoms with Crippen LogP contribution in [0.4, 0.5) is 0 Å². The van der Waals surface area contributed by atoms with E-state index in [9.17, 15) is 9.59 Å². The Balaban J connectivity index is 1.85. The van der Waals surface area contributed by atoms with Gasteiger partial charge in [-0.3, -0.25) is 4.79 Å². The Morgan fingerprint density at radius 1 is 1.07 bits per heavy atom. The van der Waals surface area contributed by atoms with Crippen LogP contribution in [0.25, 0.3) is 11.0 Å². The summed E-state index contributed by atoms with van der Waals surface area (Å²) in [6, 6.07) is 11.5. The number of fused-ring (bicyclic) bond motifs is 1. The fourth-order valence-electron chi connectivity index (χ4n) is 2.77. The number of hydrogen-bond donors (Lipinski definition) is 0. The zero-order valence-electron chi connectivity index (χ0n) is 17.5. The maximum Gasteiger partial charge on any atom is 0.338 e. The number of carbonyl (C=O) groups excluding carboxylic acids is 1. The summed E-state index contributed by atoms with van der Waals surface area (Å²) in [4.78, 5) is 24.7. The summed E-state index contributed by atoms with van der Waals surface area (Å²) in [6.07, 6.45) is 1.97. The molecular weight excluding hydrogens is 384 g/mol. The summed E-state index contributed by atoms with van der Waals surface area (Å²) in [5, 5.41) is 0.397. The zero-order valence-corrected chi connectivity index (χ0v) is 17.5. The van der Waals surface area contributed by atoms with E-state index in [2.05, 4.69) is 0 Å². The Kier molecular flexibility index (Phi) is 6.57. The van der Waals surface area contributed by atoms with E-state index in [1.54, 1.807) is 56.3 Å². The largest absolute Gasteiger partial charge is 0.489 e. The van der Waals surface area contributed by atoms with Gasteiger partial charge in [0.15, 0.2) is 0 Å². The molecule has 0 aliphatic rings. The molecule has 0 bridgehead atoms. The average Bonchev–Trinajstić information content (AvgIpc) is 2.71. The summed E-state index contributed by atoms with van der Waals surface area (Å²) in [5.74, 6) is 1.08. The number of esters is 1. The lowest BCUT2D eigenvalue weighted by molar-refractivity contribution is 0.0526. The fraction of sp³-hybridized carbons (Fsp3) is 0.250. The van der Waals surface area contributed by atoms with Gasteiger partial charge < -0.3 is 18.6 Å². The van der Waals surface area contributed by atoms with Crippen LogP contribution in [0.2, 0.25) is 0 Å². The Morgan fingerprint density at radius 2 is 1.77 bits per heavy atom. The van der Waals surface area contributed by atoms with Gasteiger partial charge in [-0.15, -0.1) is 0 Å². The van der Waals surface area contributed by atoms with Crippen LogP contribution < -0.4 is 14.9 Å². The van der Waals surface area contributed by atoms with Gasteiger partial charge in [0.05, 0.1) is 17.6 Å². The maximum atomic E-state index is 12.9. The second-order valence-corrected chi connectivity index (χ2v) is 6.91. The molecule has 0 aliphatic heterocycles. The highest BCUT2D eigenvalue weighted by Gasteiger charge is 2.15. The minimum atomic E-state index is -0.409. The topological polar surface area (TPSA) is 75.0 Å². The number of rotatable bonds is 7. The molecule has 0 radical (unpaired) electrons. The Labute approximate surface area is 174 Å². The molecule has 3 rings (SSSR count). The van der Waals surface area contributed by atoms with Gasteiger partial charge in [-0.2, -0.15) is 0 Å². The lowest BCUT2D eigenvalue weighted by atomic mass is 10.2. The van der Waals surface area contributed by atoms with Crippen LogP contribution in [0.3, 0.4) is 0 Å². The van der Waals surface area contributed by atoms with Crippen molar-refractivity contribution < 1.29 is 23.4 Å². The van der Waals surface area contributed by atoms with E-state index in [4.69, 9.17) is 18.6 Å². The molecule has 156 valence electrons. The molecule has 0 fully saturated rings. The average molecular weight is 408 g/mol. The smallest absolute Gasteiger partial charge is 0.338 e. The molecule has 0 atom stereocenters. The van der Waals surface area contributed by atoms with E-state index in [1.807, 2.05) is 19.9 Å². The third kappa shape index (κ3) is 4.89. The predicted molar refractivity (Wildman–Crippen MR) is 115 cm³/mol. The quantitative estimate of drug-likeness (QED) is 0.384. The Hall–Kier alpha value is -3.54. The number of allylic oxidation sites excluding steroid dienone is 1. The molecule has 0 N–H and O–H groups in total. The first-order valence-corrected chi connectivity index (χ1v) is 9.67. The zero-order chi connectivity index (χ0) is 21.7. The standard InChI is InChI=1S/C24H24O6/c1-5-27-24(26)17-6-8-18(9-7-17)30-23-16(4)29-21-14-19(28-13-12-15(2)3)10-11-20(21)22(23)25/h6-12,14H,5,13H2,1-4H3. The monoisotopic (exact) mass is 408 g/mol. The second-order valence-electron chi connectivity index (χ2n) is 6.91. The van der Waals surface area contributed by atoms with Gasteiger partial charge in [-0.1, -0.05) is 5.57 Å². The lowest BCUT2D eigenvalue weighted by Gasteiger charge is -2.10. The molecule has 3 aromatic rings. The third-order valence-electron chi connectivity index (χ3n) is 4.31. The van der Waals surface area contributed by atoms with E-state index in [-0.39, 0.29) is 11.2 Å². The number of carbonyl (C=O) groups is 1. The second kappa shape index (κ2) is 9.31. The van der Waals surface area contributed by atoms with Gasteiger partial charge in [0.1, 0.15) is 29.4 Å². The van der Waals surface area contributed by atoms with Crippen molar-refractivity contribution in [2.45, 2.75) is 27.7 Å². The van der Waals surface area contributed by atoms with Gasteiger partial charge in [0.25, 0.3) is 0 Å². The highest BCUT2D eigenvalue weighted by Crippen LogP contribution is 2.27. The Morgan fingerprint density at radius 3 is 2.43 bits per heavy atom. The van der Waals surface area contributed by atoms with Crippen molar-refractivity contribution in [1.29, 1.82) is 0 Å². The molecule has 1 heterocycles. The van der Waals surface area contributed by atoms with E-state index in [0.29, 0.717) is 47.0 Å². The predicted octanol–water partition coefficient (Wildman–Crippen LogP) is 5.42. The first-order valence-electron chi connectivity index (χ1n) is 9.67. The molecule has 2 aromatic carbocycles. The summed E-state index contributed by atoms with van der Waals surface area (Å²) in [5.41, 5.74) is 1.72. The number of aryl methyl sites for hydroxylation is 1. The minimum Gasteiger partial charge on any atom is -0.489 e. The summed E-state index contributed by atoms with van der Waals surface area (Å²) in [7, 11) is 0. The molecule has 0 spiro atoms. The van der Waals surface area contributed by atoms with Gasteiger partial charge in [0, 0.05) is 6.07 Å². The van der Waals surface area contributed by atoms with Crippen LogP contribution in [0, 0.1) is 6.92 Å². The van der Waals surface area contributed by atoms with Crippen molar-refractivity contribution in [1.82, 2.24) is 0 Å². The summed E-state index contributed by atoms with van der Waals surface area (Å²) >= 11 is 0. The SMILES string of the molecule is CCOC(=O)c1ccc(Oc2c(C)oc3cc(OCC=C(C)C)ccc3c2=O)cc1. The molecule has 0 amide bonds. The molecule has 0 saturated carbocycles. The number of hydrogen-bond acceptors (Lipinski definition) is 6. The number of benzene rings is 2. The summed E-state index contributed by atoms with van der Waals surface area (Å²) < 4.78 is 22.2. The van der Waals surface area contributed by atoms with Crippen LogP contribution in [-0.2, 0) is 4.74 Å². The lowest BCUT2D eigenvalue weighted by Crippen LogP contribution is -2.08. The van der Waals surface area contributed by atoms with Gasteiger partial charge in [-0.05, 0) is 70.2 Å². The summed E-state index contributed by atoms with van der Waals surface area (Å²) in [6.45, 7) is 8.15. The van der Waals surface area contributed by atoms with Crippen molar-refractivity contribution in [3.8, 4) is 17.2 Å². The van der Waals surface area contributed by atoms with Crippen LogP contribution in [0.5, 0.6) is 17.2 Å². The molecule has 0 aliphatic carbocycles. The van der Waals surface area contributed by atoms with Crippen molar-refractivity contribution in [3.63, 3.8) is 0 Å².